The van der Waals surface area contributed by atoms with Crippen LogP contribution in [-0.2, 0) is 16.1 Å². The van der Waals surface area contributed by atoms with Crippen molar-refractivity contribution in [2.45, 2.75) is 52.0 Å². The predicted octanol–water partition coefficient (Wildman–Crippen LogP) is 5.63. The number of amides is 2. The molecule has 0 bridgehead atoms. The van der Waals surface area contributed by atoms with E-state index >= 15 is 0 Å². The fourth-order valence-electron chi connectivity index (χ4n) is 5.03. The summed E-state index contributed by atoms with van der Waals surface area (Å²) in [6.45, 7) is 3.35. The molecule has 0 spiro atoms. The van der Waals surface area contributed by atoms with Crippen LogP contribution in [0, 0.1) is 6.92 Å². The first-order valence-electron chi connectivity index (χ1n) is 13.3. The third-order valence-corrected chi connectivity index (χ3v) is 7.00. The van der Waals surface area contributed by atoms with Gasteiger partial charge in [0, 0.05) is 38.0 Å². The van der Waals surface area contributed by atoms with Crippen LogP contribution in [-0.4, -0.2) is 55.8 Å². The lowest BCUT2D eigenvalue weighted by molar-refractivity contribution is -0.122. The molecule has 8 nitrogen and oxygen atoms in total. The van der Waals surface area contributed by atoms with Gasteiger partial charge in [-0.3, -0.25) is 9.59 Å². The molecule has 1 aliphatic heterocycles. The predicted molar refractivity (Wildman–Crippen MR) is 146 cm³/mol. The lowest BCUT2D eigenvalue weighted by Crippen LogP contribution is -2.37. The second kappa shape index (κ2) is 13.2. The Kier molecular flexibility index (Phi) is 9.54. The molecule has 1 aromatic heterocycles. The molecule has 0 unspecified atom stereocenters. The molecular formula is C30H37N3O5. The van der Waals surface area contributed by atoms with Crippen molar-refractivity contribution < 1.29 is 23.6 Å². The molecule has 2 heterocycles. The first kappa shape index (κ1) is 27.4. The van der Waals surface area contributed by atoms with Gasteiger partial charge in [-0.25, -0.2) is 0 Å². The van der Waals surface area contributed by atoms with Crippen molar-refractivity contribution in [3.05, 3.63) is 65.4 Å². The number of hydrogen-bond donors (Lipinski definition) is 0. The highest BCUT2D eigenvalue weighted by atomic mass is 16.5. The molecule has 0 N–H and O–H groups in total. The molecule has 202 valence electrons. The molecule has 0 saturated carbocycles. The largest absolute Gasteiger partial charge is 0.496 e. The van der Waals surface area contributed by atoms with Crippen LogP contribution in [0.5, 0.6) is 5.75 Å². The van der Waals surface area contributed by atoms with Gasteiger partial charge in [-0.1, -0.05) is 61.2 Å². The van der Waals surface area contributed by atoms with Gasteiger partial charge in [-0.15, -0.1) is 0 Å². The number of ether oxygens (including phenoxy) is 2. The minimum absolute atomic E-state index is 0.0130. The van der Waals surface area contributed by atoms with Crippen molar-refractivity contribution in [1.82, 2.24) is 10.1 Å². The number of carbonyl (C=O) groups is 2. The zero-order valence-corrected chi connectivity index (χ0v) is 22.6. The van der Waals surface area contributed by atoms with Crippen molar-refractivity contribution in [3.63, 3.8) is 0 Å². The Bertz CT molecular complexity index is 1240. The number of para-hydroxylation sites is 2. The van der Waals surface area contributed by atoms with Crippen LogP contribution in [0.2, 0.25) is 0 Å². The summed E-state index contributed by atoms with van der Waals surface area (Å²) < 4.78 is 16.3. The SMILES string of the molecule is COCC(=O)N1CCCCCCCCN(C(=O)c2c(-c3ccccc3OC)noc2C)Cc2ccccc21. The maximum atomic E-state index is 14.2. The number of nitrogens with zero attached hydrogens (tertiary/aromatic N) is 3. The van der Waals surface area contributed by atoms with Crippen LogP contribution in [0.15, 0.2) is 53.1 Å². The van der Waals surface area contributed by atoms with Crippen molar-refractivity contribution in [1.29, 1.82) is 0 Å². The Labute approximate surface area is 224 Å². The molecule has 4 rings (SSSR count). The average Bonchev–Trinajstić information content (AvgIpc) is 3.32. The summed E-state index contributed by atoms with van der Waals surface area (Å²) in [4.78, 5) is 30.9. The molecule has 0 fully saturated rings. The van der Waals surface area contributed by atoms with Crippen LogP contribution in [0.1, 0.15) is 60.2 Å². The van der Waals surface area contributed by atoms with Gasteiger partial charge in [-0.2, -0.15) is 0 Å². The zero-order valence-electron chi connectivity index (χ0n) is 22.6. The highest BCUT2D eigenvalue weighted by Crippen LogP contribution is 2.34. The standard InChI is InChI=1S/C30H37N3O5/c1-22-28(29(31-38-22)24-15-9-11-17-26(24)37-3)30(35)32-18-12-6-4-5-7-13-19-33(27(34)21-36-2)25-16-10-8-14-23(25)20-32/h8-11,14-17H,4-7,12-13,18-21H2,1-3H3. The van der Waals surface area contributed by atoms with Gasteiger partial charge in [0.2, 0.25) is 0 Å². The number of fused-ring (bicyclic) bond motifs is 1. The third-order valence-electron chi connectivity index (χ3n) is 7.00. The third kappa shape index (κ3) is 6.25. The van der Waals surface area contributed by atoms with E-state index in [0.29, 0.717) is 48.0 Å². The lowest BCUT2D eigenvalue weighted by Gasteiger charge is -2.28. The van der Waals surface area contributed by atoms with E-state index in [1.807, 2.05) is 58.3 Å². The van der Waals surface area contributed by atoms with E-state index in [0.717, 1.165) is 49.8 Å². The summed E-state index contributed by atoms with van der Waals surface area (Å²) >= 11 is 0. The molecule has 0 radical (unpaired) electrons. The van der Waals surface area contributed by atoms with Gasteiger partial charge < -0.3 is 23.8 Å². The second-order valence-corrected chi connectivity index (χ2v) is 9.62. The maximum absolute atomic E-state index is 14.2. The van der Waals surface area contributed by atoms with Crippen LogP contribution < -0.4 is 9.64 Å². The molecular weight excluding hydrogens is 482 g/mol. The van der Waals surface area contributed by atoms with Crippen LogP contribution >= 0.6 is 0 Å². The van der Waals surface area contributed by atoms with E-state index in [4.69, 9.17) is 14.0 Å². The van der Waals surface area contributed by atoms with Gasteiger partial charge in [0.25, 0.3) is 11.8 Å². The van der Waals surface area contributed by atoms with Gasteiger partial charge in [0.15, 0.2) is 0 Å². The first-order chi connectivity index (χ1) is 18.5. The number of aryl methyl sites for hydroxylation is 1. The minimum atomic E-state index is -0.149. The number of anilines is 1. The number of rotatable bonds is 5. The van der Waals surface area contributed by atoms with Crippen molar-refractivity contribution in [2.75, 3.05) is 38.8 Å². The highest BCUT2D eigenvalue weighted by Gasteiger charge is 2.29. The van der Waals surface area contributed by atoms with E-state index in [9.17, 15) is 9.59 Å². The molecule has 2 amide bonds. The van der Waals surface area contributed by atoms with Crippen LogP contribution in [0.3, 0.4) is 0 Å². The Morgan fingerprint density at radius 1 is 0.921 bits per heavy atom. The number of benzene rings is 2. The fraction of sp³-hybridized carbons (Fsp3) is 0.433. The Morgan fingerprint density at radius 2 is 1.61 bits per heavy atom. The van der Waals surface area contributed by atoms with E-state index < -0.39 is 0 Å². The maximum Gasteiger partial charge on any atom is 0.260 e. The smallest absolute Gasteiger partial charge is 0.260 e. The normalized spacial score (nSPS) is 15.1. The lowest BCUT2D eigenvalue weighted by atomic mass is 10.0. The minimum Gasteiger partial charge on any atom is -0.496 e. The van der Waals surface area contributed by atoms with Crippen molar-refractivity contribution in [3.8, 4) is 17.0 Å². The van der Waals surface area contributed by atoms with E-state index in [1.54, 1.807) is 14.0 Å². The molecule has 2 aromatic carbocycles. The van der Waals surface area contributed by atoms with Gasteiger partial charge in [-0.05, 0) is 43.5 Å². The molecule has 0 aliphatic carbocycles. The summed E-state index contributed by atoms with van der Waals surface area (Å²) in [5, 5.41) is 4.26. The van der Waals surface area contributed by atoms with Crippen LogP contribution in [0.4, 0.5) is 5.69 Å². The van der Waals surface area contributed by atoms with Gasteiger partial charge in [0.1, 0.15) is 29.4 Å². The van der Waals surface area contributed by atoms with E-state index in [-0.39, 0.29) is 18.4 Å². The Morgan fingerprint density at radius 3 is 2.37 bits per heavy atom. The van der Waals surface area contributed by atoms with Gasteiger partial charge in [0.05, 0.1) is 7.11 Å². The van der Waals surface area contributed by atoms with E-state index in [1.165, 1.54) is 7.11 Å². The summed E-state index contributed by atoms with van der Waals surface area (Å²) in [5.41, 5.74) is 3.34. The molecule has 1 aliphatic rings. The Hall–Kier alpha value is -3.65. The number of hydrogen-bond acceptors (Lipinski definition) is 6. The number of carbonyl (C=O) groups excluding carboxylic acids is 2. The molecule has 0 saturated heterocycles. The molecule has 8 heteroatoms. The topological polar surface area (TPSA) is 85.1 Å². The zero-order chi connectivity index (χ0) is 26.9. The highest BCUT2D eigenvalue weighted by molar-refractivity contribution is 6.01. The molecule has 0 atom stereocenters. The average molecular weight is 520 g/mol. The monoisotopic (exact) mass is 519 g/mol. The first-order valence-corrected chi connectivity index (χ1v) is 13.3. The number of methoxy groups -OCH3 is 2. The van der Waals surface area contributed by atoms with Crippen LogP contribution in [0.25, 0.3) is 11.3 Å². The molecule has 3 aromatic rings. The summed E-state index contributed by atoms with van der Waals surface area (Å²) in [7, 11) is 3.13. The van der Waals surface area contributed by atoms with Crippen molar-refractivity contribution in [2.24, 2.45) is 0 Å². The quantitative estimate of drug-likeness (QED) is 0.434. The van der Waals surface area contributed by atoms with E-state index in [2.05, 4.69) is 5.16 Å². The Balaban J connectivity index is 1.73. The van der Waals surface area contributed by atoms with Gasteiger partial charge >= 0.3 is 0 Å². The number of aromatic nitrogens is 1. The van der Waals surface area contributed by atoms with Crippen molar-refractivity contribution >= 4 is 17.5 Å². The molecule has 38 heavy (non-hydrogen) atoms. The summed E-state index contributed by atoms with van der Waals surface area (Å²) in [5.74, 6) is 0.853. The summed E-state index contributed by atoms with van der Waals surface area (Å²) in [6, 6.07) is 15.3. The summed E-state index contributed by atoms with van der Waals surface area (Å²) in [6.07, 6.45) is 6.12. The fourth-order valence-corrected chi connectivity index (χ4v) is 5.03. The second-order valence-electron chi connectivity index (χ2n) is 9.62.